The van der Waals surface area contributed by atoms with Gasteiger partial charge in [0.1, 0.15) is 5.75 Å². The minimum atomic E-state index is 0.352. The molecule has 1 aromatic carbocycles. The highest BCUT2D eigenvalue weighted by Gasteiger charge is 2.23. The standard InChI is InChI=1S/C13H19NO2/c1-3-12(14-10-8-16-9-10)11-6-4-5-7-13(11)15-2/h4-7,10,12,14H,3,8-9H2,1-2H3. The normalized spacial score (nSPS) is 17.9. The number of hydrogen-bond donors (Lipinski definition) is 1. The van der Waals surface area contributed by atoms with Crippen molar-refractivity contribution in [2.75, 3.05) is 20.3 Å². The second-order valence-corrected chi connectivity index (χ2v) is 4.10. The minimum absolute atomic E-state index is 0.352. The van der Waals surface area contributed by atoms with Crippen LogP contribution in [0, 0.1) is 0 Å². The molecular formula is C13H19NO2. The summed E-state index contributed by atoms with van der Waals surface area (Å²) in [5.74, 6) is 0.960. The molecule has 1 fully saturated rings. The van der Waals surface area contributed by atoms with Gasteiger partial charge in [-0.1, -0.05) is 25.1 Å². The molecule has 16 heavy (non-hydrogen) atoms. The second kappa shape index (κ2) is 5.32. The van der Waals surface area contributed by atoms with Crippen molar-refractivity contribution in [3.8, 4) is 5.75 Å². The number of rotatable bonds is 5. The SMILES string of the molecule is CCC(NC1COC1)c1ccccc1OC. The van der Waals surface area contributed by atoms with Gasteiger partial charge in [-0.2, -0.15) is 0 Å². The van der Waals surface area contributed by atoms with Crippen molar-refractivity contribution in [3.05, 3.63) is 29.8 Å². The maximum atomic E-state index is 5.39. The highest BCUT2D eigenvalue weighted by molar-refractivity contribution is 5.35. The van der Waals surface area contributed by atoms with E-state index in [2.05, 4.69) is 24.4 Å². The molecule has 3 nitrogen and oxygen atoms in total. The van der Waals surface area contributed by atoms with Gasteiger partial charge in [0, 0.05) is 11.6 Å². The number of para-hydroxylation sites is 1. The van der Waals surface area contributed by atoms with E-state index in [0.717, 1.165) is 25.4 Å². The highest BCUT2D eigenvalue weighted by Crippen LogP contribution is 2.27. The first-order valence-electron chi connectivity index (χ1n) is 5.81. The van der Waals surface area contributed by atoms with Crippen molar-refractivity contribution in [1.29, 1.82) is 0 Å². The van der Waals surface area contributed by atoms with Gasteiger partial charge in [-0.05, 0) is 12.5 Å². The van der Waals surface area contributed by atoms with Crippen molar-refractivity contribution < 1.29 is 9.47 Å². The molecule has 1 unspecified atom stereocenters. The molecule has 1 N–H and O–H groups in total. The summed E-state index contributed by atoms with van der Waals surface area (Å²) in [7, 11) is 1.72. The maximum absolute atomic E-state index is 5.39. The molecule has 0 radical (unpaired) electrons. The third kappa shape index (κ3) is 2.36. The topological polar surface area (TPSA) is 30.5 Å². The molecule has 1 aromatic rings. The summed E-state index contributed by atoms with van der Waals surface area (Å²) in [6, 6.07) is 9.04. The number of nitrogens with one attached hydrogen (secondary N) is 1. The Hall–Kier alpha value is -1.06. The van der Waals surface area contributed by atoms with Gasteiger partial charge in [0.2, 0.25) is 0 Å². The minimum Gasteiger partial charge on any atom is -0.496 e. The van der Waals surface area contributed by atoms with Crippen LogP contribution in [0.5, 0.6) is 5.75 Å². The van der Waals surface area contributed by atoms with Crippen LogP contribution in [-0.4, -0.2) is 26.4 Å². The van der Waals surface area contributed by atoms with E-state index >= 15 is 0 Å². The highest BCUT2D eigenvalue weighted by atomic mass is 16.5. The van der Waals surface area contributed by atoms with Gasteiger partial charge in [0.25, 0.3) is 0 Å². The third-order valence-electron chi connectivity index (χ3n) is 3.00. The molecular weight excluding hydrogens is 202 g/mol. The van der Waals surface area contributed by atoms with Gasteiger partial charge in [-0.3, -0.25) is 0 Å². The monoisotopic (exact) mass is 221 g/mol. The van der Waals surface area contributed by atoms with Gasteiger partial charge in [0.15, 0.2) is 0 Å². The fourth-order valence-electron chi connectivity index (χ4n) is 2.00. The number of methoxy groups -OCH3 is 1. The Balaban J connectivity index is 2.11. The van der Waals surface area contributed by atoms with Crippen LogP contribution in [0.3, 0.4) is 0 Å². The lowest BCUT2D eigenvalue weighted by Crippen LogP contribution is -2.47. The summed E-state index contributed by atoms with van der Waals surface area (Å²) in [6.45, 7) is 3.83. The van der Waals surface area contributed by atoms with Gasteiger partial charge < -0.3 is 14.8 Å². The average Bonchev–Trinajstić information content (AvgIpc) is 2.28. The summed E-state index contributed by atoms with van der Waals surface area (Å²) in [6.07, 6.45) is 1.05. The fourth-order valence-corrected chi connectivity index (χ4v) is 2.00. The maximum Gasteiger partial charge on any atom is 0.123 e. The van der Waals surface area contributed by atoms with E-state index in [0.29, 0.717) is 12.1 Å². The smallest absolute Gasteiger partial charge is 0.123 e. The zero-order valence-corrected chi connectivity index (χ0v) is 9.90. The third-order valence-corrected chi connectivity index (χ3v) is 3.00. The summed E-state index contributed by atoms with van der Waals surface area (Å²) < 4.78 is 10.6. The summed E-state index contributed by atoms with van der Waals surface area (Å²) in [5, 5.41) is 3.59. The van der Waals surface area contributed by atoms with Crippen LogP contribution in [0.25, 0.3) is 0 Å². The summed E-state index contributed by atoms with van der Waals surface area (Å²) in [5.41, 5.74) is 1.24. The lowest BCUT2D eigenvalue weighted by atomic mass is 10.0. The molecule has 0 amide bonds. The molecule has 0 saturated carbocycles. The molecule has 0 aliphatic carbocycles. The molecule has 1 atom stereocenters. The number of ether oxygens (including phenoxy) is 2. The zero-order valence-electron chi connectivity index (χ0n) is 9.90. The van der Waals surface area contributed by atoms with Crippen LogP contribution in [0.15, 0.2) is 24.3 Å². The fraction of sp³-hybridized carbons (Fsp3) is 0.538. The van der Waals surface area contributed by atoms with Gasteiger partial charge in [0.05, 0.1) is 26.4 Å². The van der Waals surface area contributed by atoms with E-state index in [-0.39, 0.29) is 0 Å². The molecule has 1 aliphatic heterocycles. The molecule has 0 bridgehead atoms. The van der Waals surface area contributed by atoms with E-state index in [4.69, 9.17) is 9.47 Å². The molecule has 1 heterocycles. The van der Waals surface area contributed by atoms with Crippen molar-refractivity contribution in [3.63, 3.8) is 0 Å². The van der Waals surface area contributed by atoms with Crippen molar-refractivity contribution in [2.45, 2.75) is 25.4 Å². The molecule has 3 heteroatoms. The molecule has 2 rings (SSSR count). The first-order chi connectivity index (χ1) is 7.85. The molecule has 0 spiro atoms. The van der Waals surface area contributed by atoms with E-state index < -0.39 is 0 Å². The number of benzene rings is 1. The van der Waals surface area contributed by atoms with Gasteiger partial charge in [-0.15, -0.1) is 0 Å². The molecule has 1 aliphatic rings. The molecule has 1 saturated heterocycles. The van der Waals surface area contributed by atoms with Crippen molar-refractivity contribution >= 4 is 0 Å². The van der Waals surface area contributed by atoms with Crippen molar-refractivity contribution in [1.82, 2.24) is 5.32 Å². The van der Waals surface area contributed by atoms with E-state index in [9.17, 15) is 0 Å². The number of hydrogen-bond acceptors (Lipinski definition) is 3. The summed E-state index contributed by atoms with van der Waals surface area (Å²) >= 11 is 0. The van der Waals surface area contributed by atoms with Crippen LogP contribution in [0.4, 0.5) is 0 Å². The Morgan fingerprint density at radius 2 is 2.19 bits per heavy atom. The quantitative estimate of drug-likeness (QED) is 0.826. The van der Waals surface area contributed by atoms with Gasteiger partial charge >= 0.3 is 0 Å². The van der Waals surface area contributed by atoms with Crippen LogP contribution >= 0.6 is 0 Å². The Bertz CT molecular complexity index is 336. The van der Waals surface area contributed by atoms with Gasteiger partial charge in [-0.25, -0.2) is 0 Å². The predicted molar refractivity (Wildman–Crippen MR) is 63.8 cm³/mol. The van der Waals surface area contributed by atoms with Crippen LogP contribution in [-0.2, 0) is 4.74 Å². The lowest BCUT2D eigenvalue weighted by molar-refractivity contribution is -0.0104. The van der Waals surface area contributed by atoms with Crippen LogP contribution < -0.4 is 10.1 Å². The first-order valence-corrected chi connectivity index (χ1v) is 5.81. The van der Waals surface area contributed by atoms with Crippen LogP contribution in [0.1, 0.15) is 24.9 Å². The lowest BCUT2D eigenvalue weighted by Gasteiger charge is -2.31. The van der Waals surface area contributed by atoms with Crippen molar-refractivity contribution in [2.24, 2.45) is 0 Å². The Kier molecular flexibility index (Phi) is 3.80. The largest absolute Gasteiger partial charge is 0.496 e. The van der Waals surface area contributed by atoms with E-state index in [1.165, 1.54) is 5.56 Å². The predicted octanol–water partition coefficient (Wildman–Crippen LogP) is 2.13. The Labute approximate surface area is 96.8 Å². The van der Waals surface area contributed by atoms with E-state index in [1.54, 1.807) is 7.11 Å². The van der Waals surface area contributed by atoms with Crippen LogP contribution in [0.2, 0.25) is 0 Å². The van der Waals surface area contributed by atoms with E-state index in [1.807, 2.05) is 12.1 Å². The molecule has 88 valence electrons. The Morgan fingerprint density at radius 1 is 1.44 bits per heavy atom. The Morgan fingerprint density at radius 3 is 2.75 bits per heavy atom. The second-order valence-electron chi connectivity index (χ2n) is 4.10. The average molecular weight is 221 g/mol. The molecule has 0 aromatic heterocycles. The summed E-state index contributed by atoms with van der Waals surface area (Å²) in [4.78, 5) is 0. The first kappa shape index (κ1) is 11.4. The zero-order chi connectivity index (χ0) is 11.4.